The number of halogens is 1. The number of aryl methyl sites for hydroxylation is 1. The molecule has 7 heteroatoms. The van der Waals surface area contributed by atoms with E-state index < -0.39 is 6.04 Å². The zero-order valence-corrected chi connectivity index (χ0v) is 16.0. The molecule has 0 aliphatic carbocycles. The Labute approximate surface area is 152 Å². The van der Waals surface area contributed by atoms with Crippen LogP contribution in [0.1, 0.15) is 26.3 Å². The Hall–Kier alpha value is -1.40. The molecule has 1 fully saturated rings. The Morgan fingerprint density at radius 3 is 2.75 bits per heavy atom. The molecule has 1 N–H and O–H groups in total. The van der Waals surface area contributed by atoms with E-state index in [1.54, 1.807) is 34.9 Å². The minimum absolute atomic E-state index is 0.0949. The smallest absolute Gasteiger partial charge is 0.261 e. The molecule has 1 aliphatic rings. The molecule has 1 heterocycles. The lowest BCUT2D eigenvalue weighted by Gasteiger charge is -2.27. The molecule has 0 aromatic heterocycles. The number of nitrogens with one attached hydrogen (secondary N) is 1. The zero-order valence-electron chi connectivity index (χ0n) is 14.4. The molecule has 1 aliphatic heterocycles. The summed E-state index contributed by atoms with van der Waals surface area (Å²) in [5.74, 6) is 1.42. The number of carbonyl (C=O) groups is 2. The monoisotopic (exact) mass is 370 g/mol. The predicted molar refractivity (Wildman–Crippen MR) is 97.5 cm³/mol. The molecule has 1 aromatic rings. The molecule has 1 aromatic carbocycles. The highest BCUT2D eigenvalue weighted by Gasteiger charge is 2.36. The highest BCUT2D eigenvalue weighted by Crippen LogP contribution is 2.24. The minimum Gasteiger partial charge on any atom is -0.483 e. The van der Waals surface area contributed by atoms with Crippen LogP contribution < -0.4 is 10.1 Å². The second-order valence-corrected chi connectivity index (χ2v) is 8.25. The SMILES string of the molecule is Cc1cc(Cl)ccc1OCC(=O)N1CSCC1C(=O)NC(C)(C)C. The summed E-state index contributed by atoms with van der Waals surface area (Å²) in [5.41, 5.74) is 0.545. The van der Waals surface area contributed by atoms with Crippen molar-refractivity contribution in [1.82, 2.24) is 10.2 Å². The van der Waals surface area contributed by atoms with Crippen LogP contribution in [0.4, 0.5) is 0 Å². The summed E-state index contributed by atoms with van der Waals surface area (Å²) in [6.45, 7) is 7.54. The number of amides is 2. The largest absolute Gasteiger partial charge is 0.483 e. The molecule has 1 saturated heterocycles. The van der Waals surface area contributed by atoms with Gasteiger partial charge in [0, 0.05) is 16.3 Å². The lowest BCUT2D eigenvalue weighted by molar-refractivity contribution is -0.140. The fourth-order valence-corrected chi connectivity index (χ4v) is 3.76. The van der Waals surface area contributed by atoms with Gasteiger partial charge in [0.2, 0.25) is 5.91 Å². The summed E-state index contributed by atoms with van der Waals surface area (Å²) in [5, 5.41) is 3.56. The van der Waals surface area contributed by atoms with Crippen molar-refractivity contribution < 1.29 is 14.3 Å². The third-order valence-electron chi connectivity index (χ3n) is 3.49. The average molecular weight is 371 g/mol. The van der Waals surface area contributed by atoms with Crippen LogP contribution in [0, 0.1) is 6.92 Å². The van der Waals surface area contributed by atoms with E-state index in [9.17, 15) is 9.59 Å². The first kappa shape index (κ1) is 18.9. The zero-order chi connectivity index (χ0) is 17.9. The summed E-state index contributed by atoms with van der Waals surface area (Å²) in [4.78, 5) is 26.4. The van der Waals surface area contributed by atoms with E-state index in [-0.39, 0.29) is 24.0 Å². The van der Waals surface area contributed by atoms with Crippen LogP contribution in [0.15, 0.2) is 18.2 Å². The summed E-state index contributed by atoms with van der Waals surface area (Å²) in [7, 11) is 0. The maximum atomic E-state index is 12.5. The maximum Gasteiger partial charge on any atom is 0.261 e. The van der Waals surface area contributed by atoms with Crippen LogP contribution in [0.2, 0.25) is 5.02 Å². The van der Waals surface area contributed by atoms with E-state index in [1.807, 2.05) is 27.7 Å². The first-order valence-electron chi connectivity index (χ1n) is 7.75. The van der Waals surface area contributed by atoms with Crippen LogP contribution in [0.5, 0.6) is 5.75 Å². The predicted octanol–water partition coefficient (Wildman–Crippen LogP) is 2.84. The first-order chi connectivity index (χ1) is 11.2. The number of rotatable bonds is 4. The van der Waals surface area contributed by atoms with Crippen molar-refractivity contribution in [2.45, 2.75) is 39.3 Å². The molecular formula is C17H23ClN2O3S. The summed E-state index contributed by atoms with van der Waals surface area (Å²) in [6, 6.07) is 4.80. The van der Waals surface area contributed by atoms with Crippen molar-refractivity contribution in [3.8, 4) is 5.75 Å². The van der Waals surface area contributed by atoms with Crippen LogP contribution in [-0.2, 0) is 9.59 Å². The molecule has 0 saturated carbocycles. The van der Waals surface area contributed by atoms with Crippen LogP contribution in [0.25, 0.3) is 0 Å². The van der Waals surface area contributed by atoms with Crippen molar-refractivity contribution in [2.24, 2.45) is 0 Å². The van der Waals surface area contributed by atoms with Crippen molar-refractivity contribution in [2.75, 3.05) is 18.2 Å². The Kier molecular flexibility index (Phi) is 6.04. The Morgan fingerprint density at radius 2 is 2.12 bits per heavy atom. The van der Waals surface area contributed by atoms with Gasteiger partial charge in [-0.25, -0.2) is 0 Å². The molecule has 0 spiro atoms. The number of benzene rings is 1. The Balaban J connectivity index is 1.96. The van der Waals surface area contributed by atoms with Crippen molar-refractivity contribution in [3.63, 3.8) is 0 Å². The highest BCUT2D eigenvalue weighted by atomic mass is 35.5. The summed E-state index contributed by atoms with van der Waals surface area (Å²) < 4.78 is 5.60. The van der Waals surface area contributed by atoms with Gasteiger partial charge in [0.15, 0.2) is 6.61 Å². The lowest BCUT2D eigenvalue weighted by Crippen LogP contribution is -2.53. The van der Waals surface area contributed by atoms with Crippen LogP contribution in [0.3, 0.4) is 0 Å². The van der Waals surface area contributed by atoms with Gasteiger partial charge in [-0.2, -0.15) is 0 Å². The quantitative estimate of drug-likeness (QED) is 0.885. The summed E-state index contributed by atoms with van der Waals surface area (Å²) >= 11 is 7.48. The molecule has 132 valence electrons. The molecule has 2 rings (SSSR count). The van der Waals surface area contributed by atoms with E-state index in [0.717, 1.165) is 5.56 Å². The Bertz CT molecular complexity index is 631. The van der Waals surface area contributed by atoms with Gasteiger partial charge in [-0.05, 0) is 51.5 Å². The third-order valence-corrected chi connectivity index (χ3v) is 4.74. The van der Waals surface area contributed by atoms with Gasteiger partial charge < -0.3 is 15.0 Å². The van der Waals surface area contributed by atoms with E-state index in [1.165, 1.54) is 0 Å². The van der Waals surface area contributed by atoms with Gasteiger partial charge in [0.25, 0.3) is 5.91 Å². The topological polar surface area (TPSA) is 58.6 Å². The number of ether oxygens (including phenoxy) is 1. The number of hydrogen-bond donors (Lipinski definition) is 1. The Morgan fingerprint density at radius 1 is 1.42 bits per heavy atom. The lowest BCUT2D eigenvalue weighted by atomic mass is 10.1. The van der Waals surface area contributed by atoms with E-state index in [4.69, 9.17) is 16.3 Å². The first-order valence-corrected chi connectivity index (χ1v) is 9.29. The number of thioether (sulfide) groups is 1. The van der Waals surface area contributed by atoms with Crippen molar-refractivity contribution >= 4 is 35.2 Å². The molecular weight excluding hydrogens is 348 g/mol. The minimum atomic E-state index is -0.448. The van der Waals surface area contributed by atoms with E-state index >= 15 is 0 Å². The van der Waals surface area contributed by atoms with Gasteiger partial charge in [-0.1, -0.05) is 11.6 Å². The molecule has 1 atom stereocenters. The van der Waals surface area contributed by atoms with Crippen LogP contribution in [-0.4, -0.2) is 46.5 Å². The third kappa shape index (κ3) is 5.05. The molecule has 5 nitrogen and oxygen atoms in total. The van der Waals surface area contributed by atoms with Gasteiger partial charge in [0.1, 0.15) is 11.8 Å². The normalized spacial score (nSPS) is 17.7. The number of nitrogens with zero attached hydrogens (tertiary/aromatic N) is 1. The number of carbonyl (C=O) groups excluding carboxylic acids is 2. The van der Waals surface area contributed by atoms with Crippen molar-refractivity contribution in [3.05, 3.63) is 28.8 Å². The molecule has 24 heavy (non-hydrogen) atoms. The fourth-order valence-electron chi connectivity index (χ4n) is 2.36. The highest BCUT2D eigenvalue weighted by molar-refractivity contribution is 7.99. The van der Waals surface area contributed by atoms with Crippen molar-refractivity contribution in [1.29, 1.82) is 0 Å². The van der Waals surface area contributed by atoms with Gasteiger partial charge >= 0.3 is 0 Å². The maximum absolute atomic E-state index is 12.5. The fraction of sp³-hybridized carbons (Fsp3) is 0.529. The molecule has 0 radical (unpaired) electrons. The second kappa shape index (κ2) is 7.66. The standard InChI is InChI=1S/C17H23ClN2O3S/c1-11-7-12(18)5-6-14(11)23-8-15(21)20-10-24-9-13(20)16(22)19-17(2,3)4/h5-7,13H,8-10H2,1-4H3,(H,19,22). The van der Waals surface area contributed by atoms with Gasteiger partial charge in [0.05, 0.1) is 5.88 Å². The summed E-state index contributed by atoms with van der Waals surface area (Å²) in [6.07, 6.45) is 0. The van der Waals surface area contributed by atoms with E-state index in [2.05, 4.69) is 5.32 Å². The number of hydrogen-bond acceptors (Lipinski definition) is 4. The van der Waals surface area contributed by atoms with Gasteiger partial charge in [-0.3, -0.25) is 9.59 Å². The van der Waals surface area contributed by atoms with Gasteiger partial charge in [-0.15, -0.1) is 11.8 Å². The van der Waals surface area contributed by atoms with Crippen LogP contribution >= 0.6 is 23.4 Å². The molecule has 0 bridgehead atoms. The van der Waals surface area contributed by atoms with E-state index in [0.29, 0.717) is 22.4 Å². The molecule has 2 amide bonds. The second-order valence-electron chi connectivity index (χ2n) is 6.82. The average Bonchev–Trinajstić information content (AvgIpc) is 2.93. The molecule has 1 unspecified atom stereocenters.